The zero-order valence-electron chi connectivity index (χ0n) is 10.6. The summed E-state index contributed by atoms with van der Waals surface area (Å²) in [7, 11) is 0. The van der Waals surface area contributed by atoms with Crippen molar-refractivity contribution in [2.45, 2.75) is 13.5 Å². The highest BCUT2D eigenvalue weighted by Crippen LogP contribution is 2.25. The molecule has 3 aromatic rings. The molecule has 0 saturated heterocycles. The number of thiophene rings is 1. The minimum absolute atomic E-state index is 0.830. The number of hydrogen-bond donors (Lipinski definition) is 1. The van der Waals surface area contributed by atoms with Crippen LogP contribution in [0.15, 0.2) is 52.3 Å². The maximum Gasteiger partial charge on any atom is 0.0411 e. The van der Waals surface area contributed by atoms with Crippen molar-refractivity contribution in [1.29, 1.82) is 0 Å². The van der Waals surface area contributed by atoms with Crippen LogP contribution < -0.4 is 5.32 Å². The molecule has 1 N–H and O–H groups in total. The van der Waals surface area contributed by atoms with Gasteiger partial charge in [-0.1, -0.05) is 28.1 Å². The van der Waals surface area contributed by atoms with Crippen molar-refractivity contribution >= 4 is 43.0 Å². The smallest absolute Gasteiger partial charge is 0.0411 e. The monoisotopic (exact) mass is 331 g/mol. The van der Waals surface area contributed by atoms with Gasteiger partial charge in [0.1, 0.15) is 0 Å². The fourth-order valence-corrected chi connectivity index (χ4v) is 3.47. The Labute approximate surface area is 125 Å². The average molecular weight is 332 g/mol. The van der Waals surface area contributed by atoms with Crippen LogP contribution in [0, 0.1) is 6.92 Å². The molecule has 0 aliphatic carbocycles. The summed E-state index contributed by atoms with van der Waals surface area (Å²) in [4.78, 5) is 0. The van der Waals surface area contributed by atoms with Crippen molar-refractivity contribution in [2.75, 3.05) is 5.32 Å². The molecule has 19 heavy (non-hydrogen) atoms. The van der Waals surface area contributed by atoms with Crippen LogP contribution in [0.2, 0.25) is 0 Å². The van der Waals surface area contributed by atoms with Gasteiger partial charge in [-0.3, -0.25) is 0 Å². The zero-order valence-corrected chi connectivity index (χ0v) is 13.0. The van der Waals surface area contributed by atoms with Crippen LogP contribution in [0.1, 0.15) is 11.1 Å². The van der Waals surface area contributed by atoms with Gasteiger partial charge in [-0.15, -0.1) is 11.3 Å². The standard InChI is InChI=1S/C16H14BrNS/c1-11-2-3-13(15(17)8-11)10-18-14-4-5-16-12(9-14)6-7-19-16/h2-9,18H,10H2,1H3. The number of fused-ring (bicyclic) bond motifs is 1. The molecule has 0 aliphatic rings. The van der Waals surface area contributed by atoms with Gasteiger partial charge < -0.3 is 5.32 Å². The first-order chi connectivity index (χ1) is 9.22. The molecule has 2 aromatic carbocycles. The maximum atomic E-state index is 3.62. The van der Waals surface area contributed by atoms with E-state index in [0.29, 0.717) is 0 Å². The SMILES string of the molecule is Cc1ccc(CNc2ccc3sccc3c2)c(Br)c1. The van der Waals surface area contributed by atoms with Gasteiger partial charge in [0, 0.05) is 21.4 Å². The molecule has 0 spiro atoms. The minimum atomic E-state index is 0.830. The molecule has 3 rings (SSSR count). The number of anilines is 1. The molecule has 1 nitrogen and oxygen atoms in total. The lowest BCUT2D eigenvalue weighted by Crippen LogP contribution is -2.00. The van der Waals surface area contributed by atoms with Gasteiger partial charge >= 0.3 is 0 Å². The van der Waals surface area contributed by atoms with E-state index in [4.69, 9.17) is 0 Å². The van der Waals surface area contributed by atoms with Crippen LogP contribution >= 0.6 is 27.3 Å². The summed E-state index contributed by atoms with van der Waals surface area (Å²) in [5, 5.41) is 6.91. The molecule has 1 aromatic heterocycles. The number of nitrogens with one attached hydrogen (secondary N) is 1. The lowest BCUT2D eigenvalue weighted by atomic mass is 10.1. The Balaban J connectivity index is 1.77. The second-order valence-electron chi connectivity index (χ2n) is 4.62. The normalized spacial score (nSPS) is 10.8. The molecule has 3 heteroatoms. The molecule has 0 bridgehead atoms. The minimum Gasteiger partial charge on any atom is -0.381 e. The second-order valence-corrected chi connectivity index (χ2v) is 6.42. The molecule has 0 fully saturated rings. The summed E-state index contributed by atoms with van der Waals surface area (Å²) in [5.74, 6) is 0. The van der Waals surface area contributed by atoms with Crippen LogP contribution in [0.4, 0.5) is 5.69 Å². The highest BCUT2D eigenvalue weighted by Gasteiger charge is 2.01. The van der Waals surface area contributed by atoms with Crippen LogP contribution in [0.5, 0.6) is 0 Å². The number of rotatable bonds is 3. The number of hydrogen-bond acceptors (Lipinski definition) is 2. The van der Waals surface area contributed by atoms with Gasteiger partial charge in [0.25, 0.3) is 0 Å². The summed E-state index contributed by atoms with van der Waals surface area (Å²) in [6.07, 6.45) is 0. The van der Waals surface area contributed by atoms with E-state index in [1.807, 2.05) is 0 Å². The van der Waals surface area contributed by atoms with Crippen molar-refractivity contribution in [3.8, 4) is 0 Å². The summed E-state index contributed by atoms with van der Waals surface area (Å²) in [5.41, 5.74) is 3.71. The third-order valence-electron chi connectivity index (χ3n) is 3.14. The number of aryl methyl sites for hydroxylation is 1. The summed E-state index contributed by atoms with van der Waals surface area (Å²) >= 11 is 5.40. The predicted octanol–water partition coefficient (Wildman–Crippen LogP) is 5.58. The second kappa shape index (κ2) is 5.35. The van der Waals surface area contributed by atoms with Gasteiger partial charge in [-0.25, -0.2) is 0 Å². The van der Waals surface area contributed by atoms with Crippen LogP contribution in [-0.2, 0) is 6.54 Å². The fraction of sp³-hybridized carbons (Fsp3) is 0.125. The average Bonchev–Trinajstić information content (AvgIpc) is 2.85. The van der Waals surface area contributed by atoms with Crippen molar-refractivity contribution in [3.05, 3.63) is 63.4 Å². The van der Waals surface area contributed by atoms with E-state index in [1.165, 1.54) is 26.9 Å². The van der Waals surface area contributed by atoms with E-state index in [0.717, 1.165) is 11.0 Å². The third kappa shape index (κ3) is 2.82. The van der Waals surface area contributed by atoms with Gasteiger partial charge in [0.15, 0.2) is 0 Å². The van der Waals surface area contributed by atoms with Crippen LogP contribution in [-0.4, -0.2) is 0 Å². The molecule has 96 valence electrons. The van der Waals surface area contributed by atoms with Crippen molar-refractivity contribution < 1.29 is 0 Å². The Hall–Kier alpha value is -1.32. The zero-order chi connectivity index (χ0) is 13.2. The Morgan fingerprint density at radius 3 is 2.84 bits per heavy atom. The fourth-order valence-electron chi connectivity index (χ4n) is 2.07. The Bertz CT molecular complexity index is 718. The number of halogens is 1. The Morgan fingerprint density at radius 2 is 2.00 bits per heavy atom. The maximum absolute atomic E-state index is 3.62. The predicted molar refractivity (Wildman–Crippen MR) is 88.0 cm³/mol. The lowest BCUT2D eigenvalue weighted by Gasteiger charge is -2.09. The van der Waals surface area contributed by atoms with E-state index in [9.17, 15) is 0 Å². The molecular formula is C16H14BrNS. The molecule has 1 heterocycles. The highest BCUT2D eigenvalue weighted by molar-refractivity contribution is 9.10. The molecule has 0 saturated carbocycles. The molecule has 0 amide bonds. The van der Waals surface area contributed by atoms with Crippen molar-refractivity contribution in [2.24, 2.45) is 0 Å². The van der Waals surface area contributed by atoms with Crippen molar-refractivity contribution in [1.82, 2.24) is 0 Å². The van der Waals surface area contributed by atoms with E-state index in [2.05, 4.69) is 76.0 Å². The number of benzene rings is 2. The highest BCUT2D eigenvalue weighted by atomic mass is 79.9. The molecular weight excluding hydrogens is 318 g/mol. The molecule has 0 unspecified atom stereocenters. The van der Waals surface area contributed by atoms with Gasteiger partial charge in [0.05, 0.1) is 0 Å². The van der Waals surface area contributed by atoms with Gasteiger partial charge in [0.2, 0.25) is 0 Å². The molecule has 0 atom stereocenters. The van der Waals surface area contributed by atoms with E-state index >= 15 is 0 Å². The van der Waals surface area contributed by atoms with E-state index in [-0.39, 0.29) is 0 Å². The van der Waals surface area contributed by atoms with E-state index < -0.39 is 0 Å². The Kier molecular flexibility index (Phi) is 3.58. The van der Waals surface area contributed by atoms with E-state index in [1.54, 1.807) is 11.3 Å². The quantitative estimate of drug-likeness (QED) is 0.660. The first kappa shape index (κ1) is 12.7. The molecule has 0 aliphatic heterocycles. The molecule has 0 radical (unpaired) electrons. The summed E-state index contributed by atoms with van der Waals surface area (Å²) in [6.45, 7) is 2.93. The van der Waals surface area contributed by atoms with Crippen LogP contribution in [0.25, 0.3) is 10.1 Å². The van der Waals surface area contributed by atoms with Gasteiger partial charge in [-0.05, 0) is 59.1 Å². The first-order valence-corrected chi connectivity index (χ1v) is 7.86. The lowest BCUT2D eigenvalue weighted by molar-refractivity contribution is 1.13. The summed E-state index contributed by atoms with van der Waals surface area (Å²) in [6, 6.07) is 15.1. The van der Waals surface area contributed by atoms with Gasteiger partial charge in [-0.2, -0.15) is 0 Å². The Morgan fingerprint density at radius 1 is 1.11 bits per heavy atom. The largest absolute Gasteiger partial charge is 0.381 e. The van der Waals surface area contributed by atoms with Crippen molar-refractivity contribution in [3.63, 3.8) is 0 Å². The first-order valence-electron chi connectivity index (χ1n) is 6.18. The summed E-state index contributed by atoms with van der Waals surface area (Å²) < 4.78 is 2.50. The third-order valence-corrected chi connectivity index (χ3v) is 4.78. The van der Waals surface area contributed by atoms with Crippen LogP contribution in [0.3, 0.4) is 0 Å². The topological polar surface area (TPSA) is 12.0 Å².